The molecule has 0 N–H and O–H groups in total. The van der Waals surface area contributed by atoms with E-state index in [1.165, 1.54) is 0 Å². The van der Waals surface area contributed by atoms with Crippen molar-refractivity contribution in [2.75, 3.05) is 0 Å². The van der Waals surface area contributed by atoms with Crippen molar-refractivity contribution in [3.63, 3.8) is 0 Å². The van der Waals surface area contributed by atoms with Crippen LogP contribution < -0.4 is 0 Å². The van der Waals surface area contributed by atoms with E-state index in [1.807, 2.05) is 0 Å². The molecule has 1 heterocycles. The van der Waals surface area contributed by atoms with Crippen LogP contribution in [0.4, 0.5) is 0 Å². The molecule has 1 aromatic heterocycles. The van der Waals surface area contributed by atoms with E-state index in [1.54, 1.807) is 12.3 Å². The van der Waals surface area contributed by atoms with Crippen LogP contribution in [0.2, 0.25) is 16.6 Å². The fraction of sp³-hybridized carbons (Fsp3) is 0.667. The highest BCUT2D eigenvalue weighted by atomic mass is 28.4. The van der Waals surface area contributed by atoms with Gasteiger partial charge in [-0.05, 0) is 22.7 Å². The number of carbonyl (C=O) groups excluding carboxylic acids is 1. The van der Waals surface area contributed by atoms with Gasteiger partial charge in [0.25, 0.3) is 0 Å². The van der Waals surface area contributed by atoms with Crippen molar-refractivity contribution in [2.45, 2.75) is 64.8 Å². The smallest absolute Gasteiger partial charge is 0.200 e. The van der Waals surface area contributed by atoms with Crippen LogP contribution in [0, 0.1) is 0 Å². The molecule has 0 aliphatic heterocycles. The summed E-state index contributed by atoms with van der Waals surface area (Å²) in [5, 5.41) is 0. The normalized spacial score (nSPS) is 12.7. The van der Waals surface area contributed by atoms with Gasteiger partial charge in [0.05, 0.1) is 12.9 Å². The number of rotatable bonds is 7. The first-order chi connectivity index (χ1) is 8.84. The van der Waals surface area contributed by atoms with Gasteiger partial charge in [0.2, 0.25) is 8.32 Å². The molecule has 4 heteroatoms. The lowest BCUT2D eigenvalue weighted by Crippen LogP contribution is -2.47. The van der Waals surface area contributed by atoms with Crippen LogP contribution >= 0.6 is 0 Å². The Morgan fingerprint density at radius 2 is 1.68 bits per heavy atom. The van der Waals surface area contributed by atoms with Gasteiger partial charge in [0.15, 0.2) is 12.0 Å². The third-order valence-electron chi connectivity index (χ3n) is 3.99. The number of hydrogen-bond acceptors (Lipinski definition) is 3. The molecule has 0 aliphatic rings. The maximum Gasteiger partial charge on any atom is 0.200 e. The van der Waals surface area contributed by atoms with Crippen molar-refractivity contribution >= 4 is 14.6 Å². The van der Waals surface area contributed by atoms with E-state index in [2.05, 4.69) is 41.5 Å². The van der Waals surface area contributed by atoms with Crippen LogP contribution in [0.1, 0.15) is 57.7 Å². The molecule has 0 unspecified atom stereocenters. The standard InChI is InChI=1S/C15H26O3Si/c1-11(2)19(12(3)4,13(5)6)18-10-14-7-15(8-16)17-9-14/h7-9,11-13H,10H2,1-6H3. The molecule has 108 valence electrons. The summed E-state index contributed by atoms with van der Waals surface area (Å²) in [6.07, 6.45) is 2.34. The fourth-order valence-corrected chi connectivity index (χ4v) is 8.66. The second kappa shape index (κ2) is 6.53. The average molecular weight is 282 g/mol. The maximum absolute atomic E-state index is 10.6. The zero-order valence-electron chi connectivity index (χ0n) is 12.9. The summed E-state index contributed by atoms with van der Waals surface area (Å²) in [6, 6.07) is 1.76. The molecule has 0 fully saturated rings. The van der Waals surface area contributed by atoms with Gasteiger partial charge in [-0.25, -0.2) is 0 Å². The van der Waals surface area contributed by atoms with Crippen molar-refractivity contribution < 1.29 is 13.6 Å². The Labute approximate surface area is 117 Å². The van der Waals surface area contributed by atoms with Crippen LogP contribution in [0.5, 0.6) is 0 Å². The molecule has 0 atom stereocenters. The Morgan fingerprint density at radius 3 is 2.05 bits per heavy atom. The molecular formula is C15H26O3Si. The van der Waals surface area contributed by atoms with Crippen molar-refractivity contribution in [1.29, 1.82) is 0 Å². The minimum atomic E-state index is -1.84. The molecule has 0 amide bonds. The second-order valence-electron chi connectivity index (χ2n) is 6.08. The minimum absolute atomic E-state index is 0.365. The van der Waals surface area contributed by atoms with Crippen LogP contribution in [0.15, 0.2) is 16.7 Å². The van der Waals surface area contributed by atoms with E-state index >= 15 is 0 Å². The zero-order chi connectivity index (χ0) is 14.6. The first-order valence-corrected chi connectivity index (χ1v) is 9.15. The summed E-state index contributed by atoms with van der Waals surface area (Å²) in [5.74, 6) is 0.365. The molecule has 1 rings (SSSR count). The van der Waals surface area contributed by atoms with Gasteiger partial charge in [0.1, 0.15) is 0 Å². The van der Waals surface area contributed by atoms with Crippen molar-refractivity contribution in [3.8, 4) is 0 Å². The molecule has 0 bridgehead atoms. The Hall–Kier alpha value is -0.873. The van der Waals surface area contributed by atoms with Gasteiger partial charge >= 0.3 is 0 Å². The van der Waals surface area contributed by atoms with Gasteiger partial charge in [-0.1, -0.05) is 41.5 Å². The zero-order valence-corrected chi connectivity index (χ0v) is 13.9. The molecule has 19 heavy (non-hydrogen) atoms. The first kappa shape index (κ1) is 16.2. The van der Waals surface area contributed by atoms with E-state index in [9.17, 15) is 4.79 Å². The topological polar surface area (TPSA) is 39.4 Å². The lowest BCUT2D eigenvalue weighted by atomic mass is 10.3. The minimum Gasteiger partial charge on any atom is -0.461 e. The molecule has 0 saturated carbocycles. The summed E-state index contributed by atoms with van der Waals surface area (Å²) >= 11 is 0. The molecule has 0 radical (unpaired) electrons. The summed E-state index contributed by atoms with van der Waals surface area (Å²) in [7, 11) is -1.84. The Bertz CT molecular complexity index is 386. The van der Waals surface area contributed by atoms with Crippen molar-refractivity contribution in [1.82, 2.24) is 0 Å². The Balaban J connectivity index is 2.86. The van der Waals surface area contributed by atoms with Crippen LogP contribution in [-0.4, -0.2) is 14.6 Å². The number of furan rings is 1. The summed E-state index contributed by atoms with van der Waals surface area (Å²) in [5.41, 5.74) is 2.63. The number of hydrogen-bond donors (Lipinski definition) is 0. The lowest BCUT2D eigenvalue weighted by molar-refractivity contribution is 0.110. The highest BCUT2D eigenvalue weighted by Crippen LogP contribution is 2.42. The van der Waals surface area contributed by atoms with Gasteiger partial charge in [-0.2, -0.15) is 0 Å². The van der Waals surface area contributed by atoms with Gasteiger partial charge in [-0.15, -0.1) is 0 Å². The van der Waals surface area contributed by atoms with Gasteiger partial charge < -0.3 is 8.84 Å². The fourth-order valence-electron chi connectivity index (χ4n) is 3.24. The molecule has 0 aliphatic carbocycles. The monoisotopic (exact) mass is 282 g/mol. The van der Waals surface area contributed by atoms with Gasteiger partial charge in [0, 0.05) is 5.56 Å². The van der Waals surface area contributed by atoms with E-state index in [0.717, 1.165) is 11.8 Å². The molecular weight excluding hydrogens is 256 g/mol. The lowest BCUT2D eigenvalue weighted by Gasteiger charge is -2.42. The molecule has 1 aromatic rings. The Kier molecular flexibility index (Phi) is 5.56. The number of carbonyl (C=O) groups is 1. The summed E-state index contributed by atoms with van der Waals surface area (Å²) < 4.78 is 11.5. The molecule has 3 nitrogen and oxygen atoms in total. The second-order valence-corrected chi connectivity index (χ2v) is 11.5. The predicted molar refractivity (Wildman–Crippen MR) is 79.9 cm³/mol. The van der Waals surface area contributed by atoms with Crippen molar-refractivity contribution in [3.05, 3.63) is 23.7 Å². The predicted octanol–water partition coefficient (Wildman–Crippen LogP) is 4.78. The van der Waals surface area contributed by atoms with Crippen LogP contribution in [0.3, 0.4) is 0 Å². The first-order valence-electron chi connectivity index (χ1n) is 7.01. The third-order valence-corrected chi connectivity index (χ3v) is 10.0. The quantitative estimate of drug-likeness (QED) is 0.533. The van der Waals surface area contributed by atoms with Gasteiger partial charge in [-0.3, -0.25) is 4.79 Å². The van der Waals surface area contributed by atoms with E-state index in [-0.39, 0.29) is 0 Å². The maximum atomic E-state index is 10.6. The van der Waals surface area contributed by atoms with Crippen molar-refractivity contribution in [2.24, 2.45) is 0 Å². The summed E-state index contributed by atoms with van der Waals surface area (Å²) in [4.78, 5) is 10.6. The largest absolute Gasteiger partial charge is 0.461 e. The molecule has 0 spiro atoms. The van der Waals surface area contributed by atoms with Crippen LogP contribution in [0.25, 0.3) is 0 Å². The molecule has 0 saturated heterocycles. The SMILES string of the molecule is CC(C)[Si](OCc1coc(C=O)c1)(C(C)C)C(C)C. The third kappa shape index (κ3) is 3.36. The number of aldehydes is 1. The Morgan fingerprint density at radius 1 is 1.16 bits per heavy atom. The summed E-state index contributed by atoms with van der Waals surface area (Å²) in [6.45, 7) is 14.1. The van der Waals surface area contributed by atoms with E-state index in [4.69, 9.17) is 8.84 Å². The highest BCUT2D eigenvalue weighted by molar-refractivity contribution is 6.77. The highest BCUT2D eigenvalue weighted by Gasteiger charge is 2.44. The van der Waals surface area contributed by atoms with Crippen LogP contribution in [-0.2, 0) is 11.0 Å². The van der Waals surface area contributed by atoms with E-state index < -0.39 is 8.32 Å². The molecule has 0 aromatic carbocycles. The average Bonchev–Trinajstić information content (AvgIpc) is 2.76. The van der Waals surface area contributed by atoms with E-state index in [0.29, 0.717) is 29.0 Å².